The highest BCUT2D eigenvalue weighted by atomic mass is 16.7. The minimum Gasteiger partial charge on any atom is -0.392 e. The first-order valence-electron chi connectivity index (χ1n) is 4.92. The third-order valence-corrected chi connectivity index (χ3v) is 2.00. The van der Waals surface area contributed by atoms with Crippen LogP contribution >= 0.6 is 0 Å². The Bertz CT molecular complexity index is 139. The molecule has 0 amide bonds. The lowest BCUT2D eigenvalue weighted by Crippen LogP contribution is -2.22. The van der Waals surface area contributed by atoms with Crippen LogP contribution in [-0.4, -0.2) is 31.2 Å². The van der Waals surface area contributed by atoms with E-state index in [4.69, 9.17) is 14.6 Å². The lowest BCUT2D eigenvalue weighted by atomic mass is 10.2. The molecule has 1 rings (SSSR count). The average Bonchev–Trinajstić information content (AvgIpc) is 2.19. The van der Waals surface area contributed by atoms with Gasteiger partial charge < -0.3 is 14.6 Å². The van der Waals surface area contributed by atoms with Gasteiger partial charge in [0.05, 0.1) is 13.2 Å². The van der Waals surface area contributed by atoms with Crippen molar-refractivity contribution in [1.29, 1.82) is 0 Å². The van der Waals surface area contributed by atoms with Gasteiger partial charge in [0.15, 0.2) is 6.29 Å². The quantitative estimate of drug-likeness (QED) is 0.522. The molecule has 1 aliphatic rings. The summed E-state index contributed by atoms with van der Waals surface area (Å²) in [7, 11) is 0. The van der Waals surface area contributed by atoms with Crippen molar-refractivity contribution >= 4 is 0 Å². The normalized spacial score (nSPS) is 23.9. The summed E-state index contributed by atoms with van der Waals surface area (Å²) >= 11 is 0. The first kappa shape index (κ1) is 10.7. The summed E-state index contributed by atoms with van der Waals surface area (Å²) in [4.78, 5) is 0. The van der Waals surface area contributed by atoms with Gasteiger partial charge in [0.25, 0.3) is 0 Å². The summed E-state index contributed by atoms with van der Waals surface area (Å²) in [6.45, 7) is 1.62. The van der Waals surface area contributed by atoms with Gasteiger partial charge in [-0.1, -0.05) is 12.2 Å². The number of rotatable bonds is 5. The van der Waals surface area contributed by atoms with E-state index < -0.39 is 0 Å². The second-order valence-corrected chi connectivity index (χ2v) is 3.11. The first-order chi connectivity index (χ1) is 6.43. The molecule has 1 aliphatic heterocycles. The first-order valence-corrected chi connectivity index (χ1v) is 4.92. The molecule has 0 aromatic carbocycles. The number of aliphatic hydroxyl groups is 1. The molecule has 1 unspecified atom stereocenters. The van der Waals surface area contributed by atoms with Gasteiger partial charge >= 0.3 is 0 Å². The minimum absolute atomic E-state index is 0.0104. The maximum absolute atomic E-state index is 8.46. The van der Waals surface area contributed by atoms with Crippen LogP contribution in [0.2, 0.25) is 0 Å². The molecular weight excluding hydrogens is 168 g/mol. The van der Waals surface area contributed by atoms with Crippen molar-refractivity contribution in [2.24, 2.45) is 0 Å². The van der Waals surface area contributed by atoms with Crippen molar-refractivity contribution in [1.82, 2.24) is 0 Å². The summed E-state index contributed by atoms with van der Waals surface area (Å²) in [6, 6.07) is 0. The second kappa shape index (κ2) is 7.06. The van der Waals surface area contributed by atoms with Gasteiger partial charge in [-0.2, -0.15) is 0 Å². The van der Waals surface area contributed by atoms with E-state index in [0.717, 1.165) is 25.9 Å². The van der Waals surface area contributed by atoms with E-state index in [9.17, 15) is 0 Å². The molecule has 0 spiro atoms. The predicted octanol–water partition coefficient (Wildman–Crippen LogP) is 1.47. The molecule has 0 radical (unpaired) electrons. The van der Waals surface area contributed by atoms with Crippen molar-refractivity contribution in [2.75, 3.05) is 19.8 Å². The van der Waals surface area contributed by atoms with Gasteiger partial charge in [-0.05, 0) is 25.7 Å². The zero-order valence-electron chi connectivity index (χ0n) is 7.95. The molecular formula is C10H18O3. The number of ether oxygens (including phenoxy) is 2. The summed E-state index contributed by atoms with van der Waals surface area (Å²) in [5.74, 6) is 0. The van der Waals surface area contributed by atoms with Crippen LogP contribution in [0.4, 0.5) is 0 Å². The topological polar surface area (TPSA) is 38.7 Å². The van der Waals surface area contributed by atoms with Crippen molar-refractivity contribution < 1.29 is 14.6 Å². The van der Waals surface area contributed by atoms with E-state index in [2.05, 4.69) is 0 Å². The third kappa shape index (κ3) is 5.03. The van der Waals surface area contributed by atoms with Gasteiger partial charge in [-0.25, -0.2) is 0 Å². The molecule has 13 heavy (non-hydrogen) atoms. The second-order valence-electron chi connectivity index (χ2n) is 3.11. The molecule has 3 heteroatoms. The smallest absolute Gasteiger partial charge is 0.157 e. The minimum atomic E-state index is 0.0104. The molecule has 1 N–H and O–H groups in total. The van der Waals surface area contributed by atoms with Crippen molar-refractivity contribution in [3.8, 4) is 0 Å². The fourth-order valence-electron chi connectivity index (χ4n) is 1.30. The van der Waals surface area contributed by atoms with Crippen LogP contribution in [0.5, 0.6) is 0 Å². The Morgan fingerprint density at radius 1 is 1.38 bits per heavy atom. The fourth-order valence-corrected chi connectivity index (χ4v) is 1.30. The molecule has 0 aliphatic carbocycles. The van der Waals surface area contributed by atoms with Gasteiger partial charge in [-0.3, -0.25) is 0 Å². The largest absolute Gasteiger partial charge is 0.392 e. The molecule has 0 bridgehead atoms. The van der Waals surface area contributed by atoms with Crippen LogP contribution in [0.25, 0.3) is 0 Å². The van der Waals surface area contributed by atoms with Crippen molar-refractivity contribution in [2.45, 2.75) is 32.0 Å². The van der Waals surface area contributed by atoms with Crippen LogP contribution in [0, 0.1) is 0 Å². The van der Waals surface area contributed by atoms with Crippen molar-refractivity contribution in [3.05, 3.63) is 12.2 Å². The van der Waals surface area contributed by atoms with E-state index >= 15 is 0 Å². The number of hydrogen-bond acceptors (Lipinski definition) is 3. The Balaban J connectivity index is 1.95. The van der Waals surface area contributed by atoms with Crippen LogP contribution in [0.1, 0.15) is 25.7 Å². The highest BCUT2D eigenvalue weighted by Gasteiger charge is 2.12. The summed E-state index contributed by atoms with van der Waals surface area (Å²) in [5.41, 5.74) is 0. The van der Waals surface area contributed by atoms with E-state index in [1.54, 1.807) is 6.08 Å². The van der Waals surface area contributed by atoms with E-state index in [0.29, 0.717) is 6.61 Å². The molecule has 0 aromatic heterocycles. The Hall–Kier alpha value is -0.380. The van der Waals surface area contributed by atoms with Crippen LogP contribution in [0.3, 0.4) is 0 Å². The zero-order chi connectivity index (χ0) is 9.36. The molecule has 0 aromatic rings. The van der Waals surface area contributed by atoms with Gasteiger partial charge in [0, 0.05) is 6.61 Å². The molecule has 1 heterocycles. The molecule has 0 saturated carbocycles. The average molecular weight is 186 g/mol. The van der Waals surface area contributed by atoms with Crippen LogP contribution < -0.4 is 0 Å². The standard InChI is InChI=1S/C10H18O3/c11-7-3-1-4-8-12-10-6-2-5-9-13-10/h1,3,10-11H,2,4-9H2. The Kier molecular flexibility index (Phi) is 5.81. The molecule has 76 valence electrons. The fraction of sp³-hybridized carbons (Fsp3) is 0.800. The maximum atomic E-state index is 8.46. The SMILES string of the molecule is OCC=CCCOC1CCCCO1. The van der Waals surface area contributed by atoms with E-state index in [-0.39, 0.29) is 12.9 Å². The molecule has 3 nitrogen and oxygen atoms in total. The third-order valence-electron chi connectivity index (χ3n) is 2.00. The van der Waals surface area contributed by atoms with E-state index in [1.165, 1.54) is 6.42 Å². The van der Waals surface area contributed by atoms with Crippen LogP contribution in [-0.2, 0) is 9.47 Å². The molecule has 1 atom stereocenters. The Morgan fingerprint density at radius 3 is 3.00 bits per heavy atom. The number of aliphatic hydroxyl groups excluding tert-OH is 1. The summed E-state index contributed by atoms with van der Waals surface area (Å²) in [5, 5.41) is 8.46. The Morgan fingerprint density at radius 2 is 2.31 bits per heavy atom. The summed E-state index contributed by atoms with van der Waals surface area (Å²) in [6.07, 6.45) is 7.88. The predicted molar refractivity (Wildman–Crippen MR) is 50.4 cm³/mol. The lowest BCUT2D eigenvalue weighted by Gasteiger charge is -2.22. The van der Waals surface area contributed by atoms with E-state index in [1.807, 2.05) is 6.08 Å². The van der Waals surface area contributed by atoms with Gasteiger partial charge in [-0.15, -0.1) is 0 Å². The highest BCUT2D eigenvalue weighted by Crippen LogP contribution is 2.13. The lowest BCUT2D eigenvalue weighted by molar-refractivity contribution is -0.161. The monoisotopic (exact) mass is 186 g/mol. The van der Waals surface area contributed by atoms with Gasteiger partial charge in [0.2, 0.25) is 0 Å². The Labute approximate surface area is 79.3 Å². The summed E-state index contributed by atoms with van der Waals surface area (Å²) < 4.78 is 10.9. The highest BCUT2D eigenvalue weighted by molar-refractivity contribution is 4.80. The zero-order valence-corrected chi connectivity index (χ0v) is 7.95. The maximum Gasteiger partial charge on any atom is 0.157 e. The number of hydrogen-bond donors (Lipinski definition) is 1. The van der Waals surface area contributed by atoms with Crippen LogP contribution in [0.15, 0.2) is 12.2 Å². The van der Waals surface area contributed by atoms with Gasteiger partial charge in [0.1, 0.15) is 0 Å². The molecule has 1 fully saturated rings. The van der Waals surface area contributed by atoms with Crippen molar-refractivity contribution in [3.63, 3.8) is 0 Å². The molecule has 1 saturated heterocycles.